The molecule has 2 aromatic rings. The molecule has 1 unspecified atom stereocenters. The van der Waals surface area contributed by atoms with Gasteiger partial charge in [-0.05, 0) is 78.5 Å². The van der Waals surface area contributed by atoms with Crippen LogP contribution in [0.3, 0.4) is 0 Å². The molecule has 2 aliphatic carbocycles. The number of anilines is 2. The molecule has 166 valence electrons. The Morgan fingerprint density at radius 3 is 2.45 bits per heavy atom. The van der Waals surface area contributed by atoms with Crippen LogP contribution in [0.15, 0.2) is 34.7 Å². The summed E-state index contributed by atoms with van der Waals surface area (Å²) >= 11 is 0. The van der Waals surface area contributed by atoms with Crippen molar-refractivity contribution in [2.75, 3.05) is 16.6 Å². The minimum absolute atomic E-state index is 0.262. The first-order valence-electron chi connectivity index (χ1n) is 10.5. The lowest BCUT2D eigenvalue weighted by atomic mass is 9.99. The van der Waals surface area contributed by atoms with Gasteiger partial charge in [0.1, 0.15) is 10.8 Å². The number of benzene rings is 2. The average Bonchev–Trinajstić information content (AvgIpc) is 3.37. The molecule has 0 aliphatic heterocycles. The summed E-state index contributed by atoms with van der Waals surface area (Å²) in [4.78, 5) is 12.5. The SMILES string of the molecule is O=C(/N=[SH](=O)\Nc1cccc(CNCC(F)F)c1)Nc1c2c(cc3c1CCC3)CCC2. The number of aryl methyl sites for hydroxylation is 2. The number of halogens is 2. The number of carbonyl (C=O) groups excluding carboxylic acids is 1. The molecule has 0 bridgehead atoms. The van der Waals surface area contributed by atoms with Gasteiger partial charge < -0.3 is 15.4 Å². The first kappa shape index (κ1) is 21.7. The minimum Gasteiger partial charge on any atom is -0.307 e. The fourth-order valence-corrected chi connectivity index (χ4v) is 5.02. The third kappa shape index (κ3) is 5.40. The summed E-state index contributed by atoms with van der Waals surface area (Å²) in [5.74, 6) is 0. The van der Waals surface area contributed by atoms with Gasteiger partial charge in [-0.2, -0.15) is 0 Å². The molecule has 0 saturated carbocycles. The van der Waals surface area contributed by atoms with E-state index in [0.29, 0.717) is 5.69 Å². The van der Waals surface area contributed by atoms with Gasteiger partial charge in [-0.25, -0.2) is 17.8 Å². The van der Waals surface area contributed by atoms with Crippen molar-refractivity contribution >= 4 is 28.2 Å². The van der Waals surface area contributed by atoms with Crippen LogP contribution in [0.25, 0.3) is 0 Å². The Labute approximate surface area is 182 Å². The highest BCUT2D eigenvalue weighted by Gasteiger charge is 2.24. The summed E-state index contributed by atoms with van der Waals surface area (Å²) in [5.41, 5.74) is 7.12. The molecule has 9 heteroatoms. The van der Waals surface area contributed by atoms with Crippen LogP contribution in [-0.4, -0.2) is 23.2 Å². The quantitative estimate of drug-likeness (QED) is 0.478. The largest absolute Gasteiger partial charge is 0.354 e. The molecule has 0 radical (unpaired) electrons. The van der Waals surface area contributed by atoms with Crippen LogP contribution in [0.4, 0.5) is 25.0 Å². The number of hydrogen-bond donors (Lipinski definition) is 4. The highest BCUT2D eigenvalue weighted by atomic mass is 32.2. The summed E-state index contributed by atoms with van der Waals surface area (Å²) in [6.07, 6.45) is 3.68. The van der Waals surface area contributed by atoms with Gasteiger partial charge >= 0.3 is 6.03 Å². The molecule has 2 aromatic carbocycles. The van der Waals surface area contributed by atoms with Gasteiger partial charge in [-0.15, -0.1) is 4.36 Å². The summed E-state index contributed by atoms with van der Waals surface area (Å²) in [7, 11) is -2.37. The van der Waals surface area contributed by atoms with Crippen LogP contribution in [0.5, 0.6) is 0 Å². The molecule has 2 aliphatic rings. The van der Waals surface area contributed by atoms with E-state index >= 15 is 0 Å². The number of hydrogen-bond acceptors (Lipinski definition) is 3. The van der Waals surface area contributed by atoms with Crippen molar-refractivity contribution in [3.63, 3.8) is 0 Å². The van der Waals surface area contributed by atoms with Crippen molar-refractivity contribution < 1.29 is 17.8 Å². The predicted octanol–water partition coefficient (Wildman–Crippen LogP) is 4.24. The van der Waals surface area contributed by atoms with E-state index in [4.69, 9.17) is 0 Å². The number of amides is 2. The molecular weight excluding hydrogens is 422 g/mol. The monoisotopic (exact) mass is 448 g/mol. The summed E-state index contributed by atoms with van der Waals surface area (Å²) < 4.78 is 43.4. The van der Waals surface area contributed by atoms with Crippen molar-refractivity contribution in [3.05, 3.63) is 58.1 Å². The van der Waals surface area contributed by atoms with Crippen LogP contribution in [0, 0.1) is 0 Å². The van der Waals surface area contributed by atoms with Crippen LogP contribution in [0.1, 0.15) is 40.7 Å². The summed E-state index contributed by atoms with van der Waals surface area (Å²) in [6, 6.07) is 8.53. The molecular formula is C22H26F2N4O2S. The van der Waals surface area contributed by atoms with E-state index in [1.54, 1.807) is 24.3 Å². The lowest BCUT2D eigenvalue weighted by molar-refractivity contribution is 0.145. The molecule has 0 spiro atoms. The molecule has 1 atom stereocenters. The Balaban J connectivity index is 1.42. The zero-order chi connectivity index (χ0) is 21.8. The Bertz CT molecular complexity index is 1040. The van der Waals surface area contributed by atoms with Gasteiger partial charge in [0.15, 0.2) is 0 Å². The number of nitrogens with one attached hydrogen (secondary N) is 3. The second-order valence-corrected chi connectivity index (χ2v) is 8.84. The van der Waals surface area contributed by atoms with Crippen molar-refractivity contribution in [2.45, 2.75) is 51.5 Å². The number of rotatable bonds is 7. The van der Waals surface area contributed by atoms with E-state index < -0.39 is 29.8 Å². The second-order valence-electron chi connectivity index (χ2n) is 7.87. The van der Waals surface area contributed by atoms with E-state index in [0.717, 1.165) is 49.8 Å². The molecule has 31 heavy (non-hydrogen) atoms. The number of carbonyl (C=O) groups is 1. The molecule has 0 heterocycles. The third-order valence-electron chi connectivity index (χ3n) is 5.67. The van der Waals surface area contributed by atoms with Gasteiger partial charge in [-0.1, -0.05) is 18.2 Å². The van der Waals surface area contributed by atoms with Crippen molar-refractivity contribution in [1.82, 2.24) is 5.32 Å². The van der Waals surface area contributed by atoms with Crippen LogP contribution < -0.4 is 15.4 Å². The van der Waals surface area contributed by atoms with Gasteiger partial charge in [0.05, 0.1) is 6.54 Å². The number of alkyl halides is 2. The molecule has 6 nitrogen and oxygen atoms in total. The molecule has 0 aromatic heterocycles. The smallest absolute Gasteiger partial charge is 0.307 e. The predicted molar refractivity (Wildman–Crippen MR) is 119 cm³/mol. The fraction of sp³-hybridized carbons (Fsp3) is 0.409. The first-order valence-corrected chi connectivity index (χ1v) is 11.7. The minimum atomic E-state index is -2.42. The number of nitrogens with zero attached hydrogens (tertiary/aromatic N) is 1. The fourth-order valence-electron chi connectivity index (χ4n) is 4.39. The van der Waals surface area contributed by atoms with Crippen LogP contribution in [0.2, 0.25) is 0 Å². The zero-order valence-corrected chi connectivity index (χ0v) is 18.0. The van der Waals surface area contributed by atoms with Crippen molar-refractivity contribution in [1.29, 1.82) is 0 Å². The maximum absolute atomic E-state index is 12.5. The van der Waals surface area contributed by atoms with Gasteiger partial charge in [-0.3, -0.25) is 0 Å². The van der Waals surface area contributed by atoms with Gasteiger partial charge in [0.2, 0.25) is 0 Å². The topological polar surface area (TPSA) is 82.6 Å². The average molecular weight is 449 g/mol. The normalized spacial score (nSPS) is 15.7. The summed E-state index contributed by atoms with van der Waals surface area (Å²) in [5, 5.41) is 5.54. The number of fused-ring (bicyclic) bond motifs is 2. The van der Waals surface area contributed by atoms with E-state index in [9.17, 15) is 17.8 Å². The van der Waals surface area contributed by atoms with E-state index in [1.165, 1.54) is 22.3 Å². The molecule has 2 amide bonds. The zero-order valence-electron chi connectivity index (χ0n) is 17.1. The Morgan fingerprint density at radius 1 is 1.06 bits per heavy atom. The van der Waals surface area contributed by atoms with Crippen molar-refractivity contribution in [3.8, 4) is 0 Å². The standard InChI is InChI=1S/C22H26F2N4O2S/c23-20(24)13-25-12-14-4-1-7-17(10-14)27-31(30)28-22(29)26-21-18-8-2-5-15(18)11-16-6-3-9-19(16)21/h1,4,7,10-11,20,25,31H,2-3,5-6,8-9,12-13H2,(H2,26,27,28,29,30). The summed E-state index contributed by atoms with van der Waals surface area (Å²) in [6.45, 7) is -0.132. The molecule has 4 rings (SSSR count). The number of urea groups is 1. The lowest BCUT2D eigenvalue weighted by Crippen LogP contribution is -2.20. The van der Waals surface area contributed by atoms with E-state index in [2.05, 4.69) is 25.8 Å². The van der Waals surface area contributed by atoms with Crippen molar-refractivity contribution in [2.24, 2.45) is 4.36 Å². The van der Waals surface area contributed by atoms with E-state index in [1.807, 2.05) is 0 Å². The Kier molecular flexibility index (Phi) is 6.82. The third-order valence-corrected chi connectivity index (χ3v) is 6.48. The number of thiol groups is 1. The second kappa shape index (κ2) is 9.74. The molecule has 3 N–H and O–H groups in total. The van der Waals surface area contributed by atoms with E-state index in [-0.39, 0.29) is 6.54 Å². The lowest BCUT2D eigenvalue weighted by Gasteiger charge is -2.14. The van der Waals surface area contributed by atoms with Crippen LogP contribution in [-0.2, 0) is 43.0 Å². The van der Waals surface area contributed by atoms with Gasteiger partial charge in [0, 0.05) is 17.9 Å². The highest BCUT2D eigenvalue weighted by Crippen LogP contribution is 2.38. The van der Waals surface area contributed by atoms with Crippen LogP contribution >= 0.6 is 0 Å². The maximum Gasteiger partial charge on any atom is 0.354 e. The maximum atomic E-state index is 12.5. The Hall–Kier alpha value is -2.52. The first-order chi connectivity index (χ1) is 15.0. The molecule has 0 fully saturated rings. The molecule has 0 saturated heterocycles. The highest BCUT2D eigenvalue weighted by molar-refractivity contribution is 7.76. The Morgan fingerprint density at radius 2 is 1.77 bits per heavy atom. The van der Waals surface area contributed by atoms with Gasteiger partial charge in [0.25, 0.3) is 6.43 Å².